The van der Waals surface area contributed by atoms with E-state index in [0.717, 1.165) is 25.0 Å². The van der Waals surface area contributed by atoms with Crippen molar-refractivity contribution in [3.8, 4) is 0 Å². The Bertz CT molecular complexity index is 715. The van der Waals surface area contributed by atoms with E-state index in [2.05, 4.69) is 5.32 Å². The van der Waals surface area contributed by atoms with Gasteiger partial charge in [0.25, 0.3) is 11.6 Å². The Labute approximate surface area is 125 Å². The molecular formula is C11H12ClN3O5S. The maximum atomic E-state index is 12.0. The second kappa shape index (κ2) is 5.58. The fraction of sp³-hybridized carbons (Fsp3) is 0.364. The number of nitro groups is 1. The molecule has 0 saturated heterocycles. The zero-order chi connectivity index (χ0) is 15.8. The van der Waals surface area contributed by atoms with Crippen LogP contribution in [0.3, 0.4) is 0 Å². The van der Waals surface area contributed by atoms with E-state index in [1.54, 1.807) is 0 Å². The number of carbonyl (C=O) groups is 1. The normalized spacial score (nSPS) is 14.8. The number of hydrogen-bond acceptors (Lipinski definition) is 5. The molecule has 0 aromatic heterocycles. The van der Waals surface area contributed by atoms with Crippen molar-refractivity contribution in [2.45, 2.75) is 17.7 Å². The molecule has 0 unspecified atom stereocenters. The standard InChI is InChI=1S/C11H12ClN3O5S/c12-10-8(11(16)14-5-6-1-2-6)3-7(15(17)18)4-9(10)21(13,19)20/h3-4,6H,1-2,5H2,(H,14,16)(H2,13,19,20). The van der Waals surface area contributed by atoms with Crippen molar-refractivity contribution in [1.29, 1.82) is 0 Å². The molecule has 1 fully saturated rings. The predicted molar refractivity (Wildman–Crippen MR) is 74.5 cm³/mol. The van der Waals surface area contributed by atoms with E-state index in [1.807, 2.05) is 0 Å². The summed E-state index contributed by atoms with van der Waals surface area (Å²) in [6, 6.07) is 1.66. The number of carbonyl (C=O) groups excluding carboxylic acids is 1. The number of nitrogens with zero attached hydrogens (tertiary/aromatic N) is 1. The summed E-state index contributed by atoms with van der Waals surface area (Å²) in [5, 5.41) is 17.9. The van der Waals surface area contributed by atoms with Crippen LogP contribution >= 0.6 is 11.6 Å². The van der Waals surface area contributed by atoms with Gasteiger partial charge in [0, 0.05) is 18.7 Å². The topological polar surface area (TPSA) is 132 Å². The molecule has 1 aliphatic carbocycles. The van der Waals surface area contributed by atoms with Gasteiger partial charge in [0.2, 0.25) is 10.0 Å². The molecule has 8 nitrogen and oxygen atoms in total. The highest BCUT2D eigenvalue weighted by molar-refractivity contribution is 7.89. The fourth-order valence-corrected chi connectivity index (χ4v) is 2.88. The smallest absolute Gasteiger partial charge is 0.271 e. The lowest BCUT2D eigenvalue weighted by Gasteiger charge is -2.09. The number of primary sulfonamides is 1. The van der Waals surface area contributed by atoms with Crippen molar-refractivity contribution >= 4 is 33.2 Å². The number of halogens is 1. The van der Waals surface area contributed by atoms with Gasteiger partial charge in [0.05, 0.1) is 15.5 Å². The van der Waals surface area contributed by atoms with E-state index >= 15 is 0 Å². The molecule has 114 valence electrons. The second-order valence-corrected chi connectivity index (χ2v) is 6.67. The molecule has 10 heteroatoms. The highest BCUT2D eigenvalue weighted by atomic mass is 35.5. The summed E-state index contributed by atoms with van der Waals surface area (Å²) in [6.07, 6.45) is 2.01. The first kappa shape index (κ1) is 15.7. The highest BCUT2D eigenvalue weighted by Gasteiger charge is 2.27. The SMILES string of the molecule is NS(=O)(=O)c1cc([N+](=O)[O-])cc(C(=O)NCC2CC2)c1Cl. The van der Waals surface area contributed by atoms with Crippen LogP contribution in [0, 0.1) is 16.0 Å². The van der Waals surface area contributed by atoms with Gasteiger partial charge >= 0.3 is 0 Å². The quantitative estimate of drug-likeness (QED) is 0.613. The summed E-state index contributed by atoms with van der Waals surface area (Å²) in [5.41, 5.74) is -0.851. The number of sulfonamides is 1. The molecule has 1 saturated carbocycles. The summed E-state index contributed by atoms with van der Waals surface area (Å²) in [6.45, 7) is 0.419. The molecular weight excluding hydrogens is 322 g/mol. The minimum atomic E-state index is -4.28. The number of nitrogens with one attached hydrogen (secondary N) is 1. The number of hydrogen-bond donors (Lipinski definition) is 2. The van der Waals surface area contributed by atoms with Gasteiger partial charge in [-0.3, -0.25) is 14.9 Å². The Hall–Kier alpha value is -1.71. The molecule has 0 bridgehead atoms. The molecule has 0 aliphatic heterocycles. The van der Waals surface area contributed by atoms with Crippen molar-refractivity contribution in [3.05, 3.63) is 32.8 Å². The molecule has 3 N–H and O–H groups in total. The van der Waals surface area contributed by atoms with Crippen LogP contribution in [0.15, 0.2) is 17.0 Å². The number of nitro benzene ring substituents is 1. The zero-order valence-corrected chi connectivity index (χ0v) is 12.3. The van der Waals surface area contributed by atoms with Crippen molar-refractivity contribution in [2.24, 2.45) is 11.1 Å². The lowest BCUT2D eigenvalue weighted by Crippen LogP contribution is -2.26. The molecule has 21 heavy (non-hydrogen) atoms. The van der Waals surface area contributed by atoms with Gasteiger partial charge in [-0.25, -0.2) is 13.6 Å². The van der Waals surface area contributed by atoms with Crippen molar-refractivity contribution < 1.29 is 18.1 Å². The third-order valence-electron chi connectivity index (χ3n) is 3.03. The van der Waals surface area contributed by atoms with Crippen LogP contribution in [0.4, 0.5) is 5.69 Å². The molecule has 0 heterocycles. The Kier molecular flexibility index (Phi) is 4.17. The number of nitrogens with two attached hydrogens (primary N) is 1. The Morgan fingerprint density at radius 3 is 2.57 bits per heavy atom. The minimum Gasteiger partial charge on any atom is -0.352 e. The third-order valence-corrected chi connectivity index (χ3v) is 4.49. The molecule has 0 atom stereocenters. The van der Waals surface area contributed by atoms with Gasteiger partial charge in [-0.2, -0.15) is 0 Å². The van der Waals surface area contributed by atoms with E-state index in [9.17, 15) is 23.3 Å². The number of rotatable bonds is 5. The van der Waals surface area contributed by atoms with Crippen LogP contribution in [0.2, 0.25) is 5.02 Å². The molecule has 2 rings (SSSR count). The van der Waals surface area contributed by atoms with Crippen LogP contribution < -0.4 is 10.5 Å². The maximum absolute atomic E-state index is 12.0. The van der Waals surface area contributed by atoms with Gasteiger partial charge < -0.3 is 5.32 Å². The Balaban J connectivity index is 2.44. The van der Waals surface area contributed by atoms with Gasteiger partial charge in [0.15, 0.2) is 0 Å². The second-order valence-electron chi connectivity index (χ2n) is 4.76. The van der Waals surface area contributed by atoms with Gasteiger partial charge in [-0.05, 0) is 18.8 Å². The molecule has 0 radical (unpaired) electrons. The first-order chi connectivity index (χ1) is 9.70. The third kappa shape index (κ3) is 3.69. The average Bonchev–Trinajstić information content (AvgIpc) is 3.18. The average molecular weight is 334 g/mol. The fourth-order valence-electron chi connectivity index (χ4n) is 1.72. The molecule has 0 spiro atoms. The van der Waals surface area contributed by atoms with Gasteiger partial charge in [-0.1, -0.05) is 11.6 Å². The monoisotopic (exact) mass is 333 g/mol. The predicted octanol–water partition coefficient (Wildman–Crippen LogP) is 1.04. The minimum absolute atomic E-state index is 0.282. The summed E-state index contributed by atoms with van der Waals surface area (Å²) in [7, 11) is -4.28. The highest BCUT2D eigenvalue weighted by Crippen LogP contribution is 2.31. The summed E-state index contributed by atoms with van der Waals surface area (Å²) in [5.74, 6) is -0.273. The molecule has 1 aromatic carbocycles. The van der Waals surface area contributed by atoms with Crippen molar-refractivity contribution in [3.63, 3.8) is 0 Å². The van der Waals surface area contributed by atoms with E-state index in [-0.39, 0.29) is 5.56 Å². The van der Waals surface area contributed by atoms with E-state index in [0.29, 0.717) is 12.5 Å². The van der Waals surface area contributed by atoms with Crippen molar-refractivity contribution in [1.82, 2.24) is 5.32 Å². The molecule has 1 aromatic rings. The summed E-state index contributed by atoms with van der Waals surface area (Å²) < 4.78 is 22.8. The lowest BCUT2D eigenvalue weighted by molar-refractivity contribution is -0.385. The largest absolute Gasteiger partial charge is 0.352 e. The summed E-state index contributed by atoms with van der Waals surface area (Å²) in [4.78, 5) is 21.4. The van der Waals surface area contributed by atoms with E-state index in [1.165, 1.54) is 0 Å². The van der Waals surface area contributed by atoms with Gasteiger partial charge in [0.1, 0.15) is 4.90 Å². The van der Waals surface area contributed by atoms with Crippen LogP contribution in [0.1, 0.15) is 23.2 Å². The van der Waals surface area contributed by atoms with E-state index in [4.69, 9.17) is 16.7 Å². The number of amides is 1. The number of benzene rings is 1. The molecule has 1 amide bonds. The molecule has 1 aliphatic rings. The van der Waals surface area contributed by atoms with Gasteiger partial charge in [-0.15, -0.1) is 0 Å². The van der Waals surface area contributed by atoms with Crippen LogP contribution in [-0.2, 0) is 10.0 Å². The van der Waals surface area contributed by atoms with Crippen molar-refractivity contribution in [2.75, 3.05) is 6.54 Å². The first-order valence-electron chi connectivity index (χ1n) is 5.99. The lowest BCUT2D eigenvalue weighted by atomic mass is 10.2. The van der Waals surface area contributed by atoms with Crippen LogP contribution in [0.5, 0.6) is 0 Å². The first-order valence-corrected chi connectivity index (χ1v) is 7.91. The number of non-ortho nitro benzene ring substituents is 1. The maximum Gasteiger partial charge on any atom is 0.271 e. The zero-order valence-electron chi connectivity index (χ0n) is 10.7. The van der Waals surface area contributed by atoms with Crippen LogP contribution in [0.25, 0.3) is 0 Å². The van der Waals surface area contributed by atoms with Crippen LogP contribution in [-0.4, -0.2) is 25.8 Å². The van der Waals surface area contributed by atoms with E-state index < -0.39 is 36.5 Å². The summed E-state index contributed by atoms with van der Waals surface area (Å²) >= 11 is 5.85. The Morgan fingerprint density at radius 1 is 1.48 bits per heavy atom. The Morgan fingerprint density at radius 2 is 2.10 bits per heavy atom.